The fourth-order valence-corrected chi connectivity index (χ4v) is 4.66. The van der Waals surface area contributed by atoms with Crippen LogP contribution in [-0.2, 0) is 4.79 Å². The van der Waals surface area contributed by atoms with E-state index in [4.69, 9.17) is 4.74 Å². The van der Waals surface area contributed by atoms with Crippen molar-refractivity contribution in [2.75, 3.05) is 16.9 Å². The Morgan fingerprint density at radius 2 is 1.56 bits per heavy atom. The number of carbonyl (C=O) groups is 2. The van der Waals surface area contributed by atoms with Crippen molar-refractivity contribution in [1.82, 2.24) is 0 Å². The first kappa shape index (κ1) is 25.3. The van der Waals surface area contributed by atoms with Gasteiger partial charge in [0.2, 0.25) is 0 Å². The van der Waals surface area contributed by atoms with E-state index in [9.17, 15) is 22.8 Å². The summed E-state index contributed by atoms with van der Waals surface area (Å²) < 4.78 is 46.6. The fraction of sp³-hybridized carbons (Fsp3) is 0.286. The minimum absolute atomic E-state index is 0.133. The van der Waals surface area contributed by atoms with Gasteiger partial charge in [-0.15, -0.1) is 0 Å². The van der Waals surface area contributed by atoms with Gasteiger partial charge < -0.3 is 9.64 Å². The number of hydrogen-bond donors (Lipinski definition) is 0. The lowest BCUT2D eigenvalue weighted by molar-refractivity contribution is -0.171. The average molecular weight is 497 g/mol. The summed E-state index contributed by atoms with van der Waals surface area (Å²) in [6.45, 7) is 5.43. The van der Waals surface area contributed by atoms with Gasteiger partial charge in [-0.3, -0.25) is 14.5 Å². The number of rotatable bonds is 4. The van der Waals surface area contributed by atoms with Crippen LogP contribution < -0.4 is 14.5 Å². The number of methoxy groups -OCH3 is 1. The highest BCUT2D eigenvalue weighted by molar-refractivity contribution is 6.08. The van der Waals surface area contributed by atoms with Crippen LogP contribution in [0.2, 0.25) is 0 Å². The Morgan fingerprint density at radius 1 is 0.944 bits per heavy atom. The maximum absolute atomic E-state index is 13.8. The highest BCUT2D eigenvalue weighted by Gasteiger charge is 2.48. The van der Waals surface area contributed by atoms with E-state index in [2.05, 4.69) is 0 Å². The van der Waals surface area contributed by atoms with Crippen LogP contribution in [0.1, 0.15) is 46.4 Å². The summed E-state index contributed by atoms with van der Waals surface area (Å²) in [7, 11) is 1.53. The number of fused-ring (bicyclic) bond motifs is 1. The normalized spacial score (nSPS) is 17.4. The van der Waals surface area contributed by atoms with Gasteiger partial charge in [0.25, 0.3) is 5.91 Å². The quantitative estimate of drug-likeness (QED) is 0.421. The Balaban J connectivity index is 1.83. The van der Waals surface area contributed by atoms with Gasteiger partial charge in [-0.2, -0.15) is 13.2 Å². The van der Waals surface area contributed by atoms with E-state index in [1.165, 1.54) is 19.2 Å². The molecule has 2 atom stereocenters. The Hall–Kier alpha value is -3.81. The molecule has 3 aromatic rings. The summed E-state index contributed by atoms with van der Waals surface area (Å²) in [5.41, 5.74) is 3.23. The third kappa shape index (κ3) is 4.80. The Bertz CT molecular complexity index is 1270. The molecule has 0 unspecified atom stereocenters. The molecule has 188 valence electrons. The average Bonchev–Trinajstić information content (AvgIpc) is 2.84. The number of alkyl halides is 3. The van der Waals surface area contributed by atoms with Crippen LogP contribution in [0.25, 0.3) is 0 Å². The van der Waals surface area contributed by atoms with Crippen molar-refractivity contribution in [2.45, 2.75) is 45.5 Å². The lowest BCUT2D eigenvalue weighted by Gasteiger charge is -2.43. The SMILES string of the molecule is COc1ccc(C(=O)N2c3ccc(C)cc3[C@@H](N(C(=O)C(F)(F)F)c3ccc(C)cc3)C[C@H]2C)cc1. The van der Waals surface area contributed by atoms with Crippen LogP contribution in [0.5, 0.6) is 5.75 Å². The Labute approximate surface area is 208 Å². The largest absolute Gasteiger partial charge is 0.497 e. The number of aryl methyl sites for hydroxylation is 2. The third-order valence-electron chi connectivity index (χ3n) is 6.45. The van der Waals surface area contributed by atoms with Gasteiger partial charge in [-0.1, -0.05) is 35.4 Å². The second-order valence-corrected chi connectivity index (χ2v) is 9.07. The molecule has 0 radical (unpaired) electrons. The van der Waals surface area contributed by atoms with Crippen molar-refractivity contribution in [3.8, 4) is 5.75 Å². The Kier molecular flexibility index (Phi) is 6.80. The summed E-state index contributed by atoms with van der Waals surface area (Å²) in [6.07, 6.45) is -4.93. The molecule has 0 fully saturated rings. The highest BCUT2D eigenvalue weighted by Crippen LogP contribution is 2.44. The third-order valence-corrected chi connectivity index (χ3v) is 6.45. The van der Waals surface area contributed by atoms with Crippen molar-refractivity contribution >= 4 is 23.2 Å². The molecule has 0 bridgehead atoms. The highest BCUT2D eigenvalue weighted by atomic mass is 19.4. The molecular formula is C28H27F3N2O3. The van der Waals surface area contributed by atoms with Gasteiger partial charge in [0.15, 0.2) is 0 Å². The zero-order valence-electron chi connectivity index (χ0n) is 20.5. The molecule has 0 aliphatic carbocycles. The first-order valence-electron chi connectivity index (χ1n) is 11.6. The first-order chi connectivity index (χ1) is 17.0. The minimum atomic E-state index is -5.06. The molecule has 4 rings (SSSR count). The number of hydrogen-bond acceptors (Lipinski definition) is 3. The predicted molar refractivity (Wildman–Crippen MR) is 133 cm³/mol. The van der Waals surface area contributed by atoms with Gasteiger partial charge in [0, 0.05) is 23.0 Å². The fourth-order valence-electron chi connectivity index (χ4n) is 4.66. The van der Waals surface area contributed by atoms with E-state index in [0.29, 0.717) is 22.6 Å². The summed E-state index contributed by atoms with van der Waals surface area (Å²) in [5.74, 6) is -1.61. The van der Waals surface area contributed by atoms with E-state index >= 15 is 0 Å². The molecule has 0 aromatic heterocycles. The van der Waals surface area contributed by atoms with Crippen LogP contribution in [0, 0.1) is 13.8 Å². The molecule has 3 aromatic carbocycles. The van der Waals surface area contributed by atoms with Gasteiger partial charge in [0.1, 0.15) is 5.75 Å². The summed E-state index contributed by atoms with van der Waals surface area (Å²) in [5, 5.41) is 0. The van der Waals surface area contributed by atoms with Crippen LogP contribution >= 0.6 is 0 Å². The number of amides is 2. The van der Waals surface area contributed by atoms with E-state index < -0.39 is 24.2 Å². The minimum Gasteiger partial charge on any atom is -0.497 e. The zero-order valence-corrected chi connectivity index (χ0v) is 20.5. The summed E-state index contributed by atoms with van der Waals surface area (Å²) in [4.78, 5) is 28.7. The second-order valence-electron chi connectivity index (χ2n) is 9.07. The van der Waals surface area contributed by atoms with Gasteiger partial charge in [0.05, 0.1) is 13.2 Å². The zero-order chi connectivity index (χ0) is 26.2. The van der Waals surface area contributed by atoms with Crippen LogP contribution in [-0.4, -0.2) is 31.1 Å². The Morgan fingerprint density at radius 3 is 2.14 bits per heavy atom. The van der Waals surface area contributed by atoms with Gasteiger partial charge >= 0.3 is 12.1 Å². The molecule has 2 amide bonds. The molecular weight excluding hydrogens is 469 g/mol. The predicted octanol–water partition coefficient (Wildman–Crippen LogP) is 6.39. The monoisotopic (exact) mass is 496 g/mol. The van der Waals surface area contributed by atoms with Crippen molar-refractivity contribution < 1.29 is 27.5 Å². The smallest absolute Gasteiger partial charge is 0.471 e. The maximum atomic E-state index is 13.8. The molecule has 36 heavy (non-hydrogen) atoms. The molecule has 0 saturated carbocycles. The number of anilines is 2. The standard InChI is InChI=1S/C28H27F3N2O3/c1-17-5-10-21(11-6-17)33(27(35)28(29,30)31)25-16-19(3)32(24-14-7-18(2)15-23(24)25)26(34)20-8-12-22(36-4)13-9-20/h5-15,19,25H,16H2,1-4H3/t19-,25+/m1/s1. The molecule has 0 saturated heterocycles. The summed E-state index contributed by atoms with van der Waals surface area (Å²) >= 11 is 0. The van der Waals surface area contributed by atoms with E-state index in [1.54, 1.807) is 60.4 Å². The number of carbonyl (C=O) groups excluding carboxylic acids is 2. The van der Waals surface area contributed by atoms with Gasteiger partial charge in [-0.05, 0) is 75.2 Å². The molecule has 5 nitrogen and oxygen atoms in total. The number of halogens is 3. The molecule has 0 spiro atoms. The first-order valence-corrected chi connectivity index (χ1v) is 11.6. The second kappa shape index (κ2) is 9.68. The van der Waals surface area contributed by atoms with Crippen LogP contribution in [0.15, 0.2) is 66.7 Å². The van der Waals surface area contributed by atoms with Gasteiger partial charge in [-0.25, -0.2) is 0 Å². The van der Waals surface area contributed by atoms with Crippen molar-refractivity contribution in [1.29, 1.82) is 0 Å². The summed E-state index contributed by atoms with van der Waals surface area (Å²) in [6, 6.07) is 17.0. The molecule has 0 N–H and O–H groups in total. The van der Waals surface area contributed by atoms with E-state index in [-0.39, 0.29) is 18.0 Å². The number of ether oxygens (including phenoxy) is 1. The molecule has 1 aliphatic heterocycles. The molecule has 8 heteroatoms. The van der Waals surface area contributed by atoms with E-state index in [0.717, 1.165) is 16.0 Å². The van der Waals surface area contributed by atoms with Crippen LogP contribution in [0.4, 0.5) is 24.5 Å². The number of benzene rings is 3. The number of nitrogens with zero attached hydrogens (tertiary/aromatic N) is 2. The van der Waals surface area contributed by atoms with Crippen molar-refractivity contribution in [3.63, 3.8) is 0 Å². The van der Waals surface area contributed by atoms with Crippen LogP contribution in [0.3, 0.4) is 0 Å². The van der Waals surface area contributed by atoms with E-state index in [1.807, 2.05) is 19.9 Å². The topological polar surface area (TPSA) is 49.9 Å². The molecule has 1 heterocycles. The lowest BCUT2D eigenvalue weighted by Crippen LogP contribution is -2.50. The van der Waals surface area contributed by atoms with Crippen molar-refractivity contribution in [2.24, 2.45) is 0 Å². The maximum Gasteiger partial charge on any atom is 0.471 e. The lowest BCUT2D eigenvalue weighted by atomic mass is 9.88. The molecule has 1 aliphatic rings. The van der Waals surface area contributed by atoms with Crippen molar-refractivity contribution in [3.05, 3.63) is 89.0 Å².